The number of carbonyl (C=O) groups excluding carboxylic acids is 2. The molecule has 28 heavy (non-hydrogen) atoms. The normalized spacial score (nSPS) is 23.9. The van der Waals surface area contributed by atoms with Crippen LogP contribution in [0, 0.1) is 0 Å². The first kappa shape index (κ1) is 18.5. The van der Waals surface area contributed by atoms with Crippen LogP contribution in [0.3, 0.4) is 0 Å². The number of anilines is 1. The number of carbonyl (C=O) groups is 2. The monoisotopic (exact) mass is 393 g/mol. The third kappa shape index (κ3) is 2.58. The van der Waals surface area contributed by atoms with Crippen LogP contribution in [0.4, 0.5) is 18.9 Å². The van der Waals surface area contributed by atoms with Crippen LogP contribution in [-0.4, -0.2) is 44.5 Å². The molecule has 0 saturated carbocycles. The van der Waals surface area contributed by atoms with Crippen LogP contribution in [-0.2, 0) is 16.4 Å². The number of likely N-dealkylation sites (tertiary alicyclic amines) is 1. The lowest BCUT2D eigenvalue weighted by Crippen LogP contribution is -2.49. The smallest absolute Gasteiger partial charge is 0.331 e. The van der Waals surface area contributed by atoms with Crippen molar-refractivity contribution in [3.63, 3.8) is 0 Å². The first-order valence-electron chi connectivity index (χ1n) is 9.00. The summed E-state index contributed by atoms with van der Waals surface area (Å²) in [6.45, 7) is 2.17. The van der Waals surface area contributed by atoms with Gasteiger partial charge >= 0.3 is 6.18 Å². The molecule has 2 N–H and O–H groups in total. The van der Waals surface area contributed by atoms with Crippen LogP contribution in [0.15, 0.2) is 24.3 Å². The summed E-state index contributed by atoms with van der Waals surface area (Å²) >= 11 is 0. The fraction of sp³-hybridized carbons (Fsp3) is 0.444. The molecule has 148 valence electrons. The highest BCUT2D eigenvalue weighted by molar-refractivity contribution is 6.08. The lowest BCUT2D eigenvalue weighted by atomic mass is 9.73. The summed E-state index contributed by atoms with van der Waals surface area (Å²) < 4.78 is 38.4. The van der Waals surface area contributed by atoms with Gasteiger partial charge in [-0.25, -0.2) is 0 Å². The molecule has 2 aromatic rings. The number of para-hydroxylation sites is 1. The SMILES string of the molecule is CCC[C@@H]1N(C(=O)c2n[nH]c(C(F)(F)F)n2)CC[C@]12C(=O)Nc1ccccc12. The van der Waals surface area contributed by atoms with Crippen molar-refractivity contribution in [1.29, 1.82) is 0 Å². The Morgan fingerprint density at radius 2 is 2.11 bits per heavy atom. The molecule has 10 heteroatoms. The van der Waals surface area contributed by atoms with Gasteiger partial charge in [0.1, 0.15) is 0 Å². The van der Waals surface area contributed by atoms with Crippen LogP contribution in [0.25, 0.3) is 0 Å². The van der Waals surface area contributed by atoms with Crippen LogP contribution < -0.4 is 5.32 Å². The molecule has 1 aromatic carbocycles. The minimum Gasteiger partial charge on any atom is -0.331 e. The number of nitrogens with one attached hydrogen (secondary N) is 2. The van der Waals surface area contributed by atoms with E-state index in [4.69, 9.17) is 0 Å². The molecule has 2 atom stereocenters. The number of H-pyrrole nitrogens is 1. The number of hydrogen-bond donors (Lipinski definition) is 2. The number of aromatic amines is 1. The predicted molar refractivity (Wildman–Crippen MR) is 92.5 cm³/mol. The van der Waals surface area contributed by atoms with E-state index in [0.29, 0.717) is 24.9 Å². The number of nitrogens with zero attached hydrogens (tertiary/aromatic N) is 3. The predicted octanol–water partition coefficient (Wildman–Crippen LogP) is 2.73. The van der Waals surface area contributed by atoms with Crippen LogP contribution >= 0.6 is 0 Å². The van der Waals surface area contributed by atoms with Gasteiger partial charge < -0.3 is 10.2 Å². The van der Waals surface area contributed by atoms with Gasteiger partial charge in [0.2, 0.25) is 17.6 Å². The van der Waals surface area contributed by atoms with E-state index in [0.717, 1.165) is 5.56 Å². The lowest BCUT2D eigenvalue weighted by molar-refractivity contribution is -0.144. The number of alkyl halides is 3. The zero-order chi connectivity index (χ0) is 20.1. The highest BCUT2D eigenvalue weighted by atomic mass is 19.4. The first-order valence-corrected chi connectivity index (χ1v) is 9.00. The molecular formula is C18H18F3N5O2. The molecule has 0 aliphatic carbocycles. The highest BCUT2D eigenvalue weighted by Gasteiger charge is 2.58. The van der Waals surface area contributed by atoms with Gasteiger partial charge in [-0.1, -0.05) is 31.5 Å². The molecular weight excluding hydrogens is 375 g/mol. The average molecular weight is 393 g/mol. The van der Waals surface area contributed by atoms with E-state index in [2.05, 4.69) is 15.4 Å². The maximum absolute atomic E-state index is 12.9. The second-order valence-electron chi connectivity index (χ2n) is 7.03. The van der Waals surface area contributed by atoms with Gasteiger partial charge in [0.05, 0.1) is 11.5 Å². The number of fused-ring (bicyclic) bond motifs is 2. The number of benzene rings is 1. The molecule has 3 heterocycles. The Hall–Kier alpha value is -2.91. The summed E-state index contributed by atoms with van der Waals surface area (Å²) in [4.78, 5) is 30.6. The van der Waals surface area contributed by atoms with Crippen LogP contribution in [0.5, 0.6) is 0 Å². The Morgan fingerprint density at radius 1 is 1.36 bits per heavy atom. The number of rotatable bonds is 3. The van der Waals surface area contributed by atoms with Gasteiger partial charge in [-0.2, -0.15) is 18.2 Å². The standard InChI is InChI=1S/C18H18F3N5O2/c1-2-5-12-17(10-6-3-4-7-11(10)22-16(17)28)8-9-26(12)14(27)13-23-15(25-24-13)18(19,20)21/h3-4,6-7,12H,2,5,8-9H2,1H3,(H,22,28)(H,23,24,25)/t12-,17+/m0/s1. The Bertz CT molecular complexity index is 941. The summed E-state index contributed by atoms with van der Waals surface area (Å²) in [6.07, 6.45) is -3.09. The molecule has 0 bridgehead atoms. The topological polar surface area (TPSA) is 91.0 Å². The van der Waals surface area contributed by atoms with Crippen molar-refractivity contribution in [1.82, 2.24) is 20.1 Å². The Balaban J connectivity index is 1.71. The molecule has 1 spiro atoms. The zero-order valence-electron chi connectivity index (χ0n) is 15.0. The summed E-state index contributed by atoms with van der Waals surface area (Å²) in [6, 6.07) is 6.83. The van der Waals surface area contributed by atoms with Crippen LogP contribution in [0.2, 0.25) is 0 Å². The summed E-state index contributed by atoms with van der Waals surface area (Å²) in [5, 5.41) is 8.10. The summed E-state index contributed by atoms with van der Waals surface area (Å²) in [7, 11) is 0. The van der Waals surface area contributed by atoms with Crippen LogP contribution in [0.1, 0.15) is 48.2 Å². The van der Waals surface area contributed by atoms with E-state index in [9.17, 15) is 22.8 Å². The number of aromatic nitrogens is 3. The first-order chi connectivity index (χ1) is 13.3. The molecule has 2 aliphatic rings. The third-order valence-corrected chi connectivity index (χ3v) is 5.52. The fourth-order valence-corrected chi connectivity index (χ4v) is 4.33. The van der Waals surface area contributed by atoms with E-state index < -0.39 is 35.2 Å². The van der Waals surface area contributed by atoms with Crippen molar-refractivity contribution in [2.75, 3.05) is 11.9 Å². The van der Waals surface area contributed by atoms with Gasteiger partial charge in [0.15, 0.2) is 0 Å². The van der Waals surface area contributed by atoms with Crippen molar-refractivity contribution >= 4 is 17.5 Å². The molecule has 4 rings (SSSR count). The molecule has 0 unspecified atom stereocenters. The molecule has 2 amide bonds. The zero-order valence-corrected chi connectivity index (χ0v) is 15.0. The molecule has 1 saturated heterocycles. The molecule has 0 radical (unpaired) electrons. The fourth-order valence-electron chi connectivity index (χ4n) is 4.33. The number of halogens is 3. The van der Waals surface area contributed by atoms with E-state index in [1.54, 1.807) is 11.2 Å². The van der Waals surface area contributed by atoms with E-state index in [1.165, 1.54) is 4.90 Å². The van der Waals surface area contributed by atoms with E-state index >= 15 is 0 Å². The summed E-state index contributed by atoms with van der Waals surface area (Å²) in [5.41, 5.74) is 0.616. The van der Waals surface area contributed by atoms with Gasteiger partial charge in [0, 0.05) is 12.2 Å². The Kier molecular flexibility index (Phi) is 4.16. The maximum atomic E-state index is 12.9. The molecule has 2 aliphatic heterocycles. The van der Waals surface area contributed by atoms with Crippen molar-refractivity contribution in [2.24, 2.45) is 0 Å². The number of hydrogen-bond acceptors (Lipinski definition) is 4. The van der Waals surface area contributed by atoms with Crippen molar-refractivity contribution in [3.8, 4) is 0 Å². The third-order valence-electron chi connectivity index (χ3n) is 5.52. The van der Waals surface area contributed by atoms with Gasteiger partial charge in [-0.05, 0) is 24.5 Å². The van der Waals surface area contributed by atoms with Gasteiger partial charge in [-0.3, -0.25) is 14.7 Å². The molecule has 1 fully saturated rings. The van der Waals surface area contributed by atoms with Crippen molar-refractivity contribution in [2.45, 2.75) is 43.8 Å². The maximum Gasteiger partial charge on any atom is 0.451 e. The second-order valence-corrected chi connectivity index (χ2v) is 7.03. The molecule has 1 aromatic heterocycles. The molecule has 7 nitrogen and oxygen atoms in total. The Morgan fingerprint density at radius 3 is 2.79 bits per heavy atom. The lowest BCUT2D eigenvalue weighted by Gasteiger charge is -2.33. The quantitative estimate of drug-likeness (QED) is 0.839. The van der Waals surface area contributed by atoms with Crippen molar-refractivity contribution < 1.29 is 22.8 Å². The highest BCUT2D eigenvalue weighted by Crippen LogP contribution is 2.49. The van der Waals surface area contributed by atoms with Gasteiger partial charge in [0.25, 0.3) is 5.91 Å². The van der Waals surface area contributed by atoms with Crippen molar-refractivity contribution in [3.05, 3.63) is 41.5 Å². The minimum absolute atomic E-state index is 0.187. The van der Waals surface area contributed by atoms with E-state index in [1.807, 2.05) is 25.1 Å². The Labute approximate surface area is 158 Å². The average Bonchev–Trinajstić information content (AvgIpc) is 3.34. The largest absolute Gasteiger partial charge is 0.451 e. The minimum atomic E-state index is -4.72. The summed E-state index contributed by atoms with van der Waals surface area (Å²) in [5.74, 6) is -2.76. The van der Waals surface area contributed by atoms with E-state index in [-0.39, 0.29) is 12.5 Å². The second kappa shape index (κ2) is 6.32. The number of amides is 2. The van der Waals surface area contributed by atoms with Gasteiger partial charge in [-0.15, -0.1) is 5.10 Å².